The van der Waals surface area contributed by atoms with Gasteiger partial charge in [0.1, 0.15) is 0 Å². The van der Waals surface area contributed by atoms with Crippen LogP contribution in [0.2, 0.25) is 0 Å². The Morgan fingerprint density at radius 3 is 2.43 bits per heavy atom. The van der Waals surface area contributed by atoms with E-state index in [0.29, 0.717) is 4.88 Å². The average Bonchev–Trinajstić information content (AvgIpc) is 3.21. The van der Waals surface area contributed by atoms with Gasteiger partial charge in [-0.1, -0.05) is 6.07 Å². The van der Waals surface area contributed by atoms with Crippen molar-refractivity contribution in [3.63, 3.8) is 0 Å². The molecule has 0 saturated carbocycles. The summed E-state index contributed by atoms with van der Waals surface area (Å²) in [4.78, 5) is 33.9. The molecule has 0 atom stereocenters. The fraction of sp³-hybridized carbons (Fsp3) is 0.250. The van der Waals surface area contributed by atoms with Gasteiger partial charge in [-0.25, -0.2) is 12.7 Å². The first-order valence-electron chi connectivity index (χ1n) is 8.05. The van der Waals surface area contributed by atoms with Crippen LogP contribution in [0.15, 0.2) is 46.7 Å². The number of hydrazine groups is 1. The zero-order valence-electron chi connectivity index (χ0n) is 14.8. The zero-order valence-corrected chi connectivity index (χ0v) is 16.5. The number of nitrogens with one attached hydrogen (secondary N) is 2. The minimum atomic E-state index is -3.82. The van der Waals surface area contributed by atoms with E-state index >= 15 is 0 Å². The van der Waals surface area contributed by atoms with Gasteiger partial charge in [-0.2, -0.15) is 0 Å². The predicted molar refractivity (Wildman–Crippen MR) is 102 cm³/mol. The Labute approximate surface area is 165 Å². The lowest BCUT2D eigenvalue weighted by Crippen LogP contribution is -2.41. The van der Waals surface area contributed by atoms with E-state index in [1.54, 1.807) is 17.5 Å². The van der Waals surface area contributed by atoms with Crippen LogP contribution in [0, 0.1) is 10.1 Å². The van der Waals surface area contributed by atoms with Gasteiger partial charge >= 0.3 is 0 Å². The van der Waals surface area contributed by atoms with E-state index in [9.17, 15) is 28.1 Å². The van der Waals surface area contributed by atoms with Gasteiger partial charge < -0.3 is 0 Å². The smallest absolute Gasteiger partial charge is 0.273 e. The summed E-state index contributed by atoms with van der Waals surface area (Å²) in [7, 11) is -2.47. The van der Waals surface area contributed by atoms with Crippen molar-refractivity contribution < 1.29 is 22.9 Å². The summed E-state index contributed by atoms with van der Waals surface area (Å²) in [6.45, 7) is 0.0611. The molecule has 10 nitrogen and oxygen atoms in total. The first-order chi connectivity index (χ1) is 13.2. The van der Waals surface area contributed by atoms with Crippen molar-refractivity contribution >= 4 is 38.9 Å². The second-order valence-corrected chi connectivity index (χ2v) is 8.65. The second-order valence-electron chi connectivity index (χ2n) is 5.66. The summed E-state index contributed by atoms with van der Waals surface area (Å²) in [6.07, 6.45) is 0.230. The number of sulfonamides is 1. The number of rotatable bonds is 8. The molecule has 2 amide bonds. The topological polar surface area (TPSA) is 139 Å². The fourth-order valence-electron chi connectivity index (χ4n) is 2.16. The Kier molecular flexibility index (Phi) is 7.20. The van der Waals surface area contributed by atoms with Crippen LogP contribution in [0.4, 0.5) is 5.69 Å². The molecule has 150 valence electrons. The molecule has 0 aliphatic heterocycles. The maximum atomic E-state index is 12.4. The third-order valence-electron chi connectivity index (χ3n) is 3.69. The van der Waals surface area contributed by atoms with E-state index in [-0.39, 0.29) is 30.0 Å². The number of hydrogen-bond donors (Lipinski definition) is 2. The van der Waals surface area contributed by atoms with E-state index in [4.69, 9.17) is 0 Å². The normalized spacial score (nSPS) is 11.2. The van der Waals surface area contributed by atoms with Crippen LogP contribution in [0.3, 0.4) is 0 Å². The number of amides is 2. The van der Waals surface area contributed by atoms with Crippen molar-refractivity contribution in [1.82, 2.24) is 15.2 Å². The van der Waals surface area contributed by atoms with Crippen LogP contribution in [-0.2, 0) is 14.8 Å². The van der Waals surface area contributed by atoms with E-state index in [1.807, 2.05) is 0 Å². The summed E-state index contributed by atoms with van der Waals surface area (Å²) < 4.78 is 25.9. The lowest BCUT2D eigenvalue weighted by atomic mass is 10.3. The lowest BCUT2D eigenvalue weighted by molar-refractivity contribution is -0.384. The minimum Gasteiger partial charge on any atom is -0.273 e. The highest BCUT2D eigenvalue weighted by Gasteiger charge is 2.21. The van der Waals surface area contributed by atoms with E-state index < -0.39 is 26.8 Å². The Balaban J connectivity index is 1.80. The summed E-state index contributed by atoms with van der Waals surface area (Å²) in [6, 6.07) is 7.88. The molecule has 0 radical (unpaired) electrons. The number of carbonyl (C=O) groups is 2. The number of benzene rings is 1. The molecule has 12 heteroatoms. The molecule has 0 aliphatic rings. The van der Waals surface area contributed by atoms with Gasteiger partial charge in [0.05, 0.1) is 14.7 Å². The van der Waals surface area contributed by atoms with Crippen LogP contribution >= 0.6 is 11.3 Å². The Hall–Kier alpha value is -2.83. The van der Waals surface area contributed by atoms with Gasteiger partial charge in [-0.15, -0.1) is 11.3 Å². The molecule has 1 aromatic carbocycles. The number of hydrogen-bond acceptors (Lipinski definition) is 7. The number of thiophene rings is 1. The minimum absolute atomic E-state index is 0.00480. The van der Waals surface area contributed by atoms with Crippen molar-refractivity contribution in [2.75, 3.05) is 13.6 Å². The highest BCUT2D eigenvalue weighted by molar-refractivity contribution is 7.89. The molecular formula is C16H18N4O6S2. The molecule has 0 bridgehead atoms. The molecule has 28 heavy (non-hydrogen) atoms. The molecular weight excluding hydrogens is 408 g/mol. The fourth-order valence-corrected chi connectivity index (χ4v) is 3.99. The van der Waals surface area contributed by atoms with Crippen LogP contribution in [0.1, 0.15) is 22.5 Å². The maximum absolute atomic E-state index is 12.4. The first kappa shape index (κ1) is 21.5. The molecule has 0 unspecified atom stereocenters. The average molecular weight is 426 g/mol. The molecule has 2 aromatic rings. The maximum Gasteiger partial charge on any atom is 0.279 e. The van der Waals surface area contributed by atoms with Gasteiger partial charge in [-0.05, 0) is 30.0 Å². The predicted octanol–water partition coefficient (Wildman–Crippen LogP) is 1.52. The number of nitro benzene ring substituents is 1. The van der Waals surface area contributed by atoms with Gasteiger partial charge in [0.2, 0.25) is 15.9 Å². The summed E-state index contributed by atoms with van der Waals surface area (Å²) >= 11 is 1.23. The molecule has 0 saturated heterocycles. The Morgan fingerprint density at radius 2 is 1.86 bits per heavy atom. The van der Waals surface area contributed by atoms with Gasteiger partial charge in [0.25, 0.3) is 11.6 Å². The van der Waals surface area contributed by atoms with E-state index in [1.165, 1.54) is 18.4 Å². The van der Waals surface area contributed by atoms with E-state index in [2.05, 4.69) is 10.9 Å². The molecule has 2 rings (SSSR count). The summed E-state index contributed by atoms with van der Waals surface area (Å²) in [5.41, 5.74) is 4.34. The van der Waals surface area contributed by atoms with Gasteiger partial charge in [0, 0.05) is 32.1 Å². The molecule has 2 N–H and O–H groups in total. The molecule has 1 heterocycles. The number of non-ortho nitro benzene ring substituents is 1. The van der Waals surface area contributed by atoms with E-state index in [0.717, 1.165) is 28.6 Å². The number of nitrogens with zero attached hydrogens (tertiary/aromatic N) is 2. The van der Waals surface area contributed by atoms with Crippen LogP contribution in [0.5, 0.6) is 0 Å². The summed E-state index contributed by atoms with van der Waals surface area (Å²) in [5.74, 6) is -0.882. The van der Waals surface area contributed by atoms with Crippen LogP contribution in [-0.4, -0.2) is 43.1 Å². The Morgan fingerprint density at radius 1 is 1.18 bits per heavy atom. The lowest BCUT2D eigenvalue weighted by Gasteiger charge is -2.17. The second kappa shape index (κ2) is 9.39. The first-order valence-corrected chi connectivity index (χ1v) is 10.4. The summed E-state index contributed by atoms with van der Waals surface area (Å²) in [5, 5.41) is 12.4. The molecule has 0 spiro atoms. The quantitative estimate of drug-likeness (QED) is 0.485. The zero-order chi connectivity index (χ0) is 20.7. The van der Waals surface area contributed by atoms with Crippen LogP contribution < -0.4 is 10.9 Å². The van der Waals surface area contributed by atoms with Crippen molar-refractivity contribution in [2.24, 2.45) is 0 Å². The van der Waals surface area contributed by atoms with Crippen molar-refractivity contribution in [1.29, 1.82) is 0 Å². The molecule has 1 aromatic heterocycles. The van der Waals surface area contributed by atoms with Crippen molar-refractivity contribution in [3.8, 4) is 0 Å². The van der Waals surface area contributed by atoms with Gasteiger partial charge in [0.15, 0.2) is 0 Å². The number of nitro groups is 1. The third kappa shape index (κ3) is 5.58. The monoisotopic (exact) mass is 426 g/mol. The standard InChI is InChI=1S/C16H18N4O6S2/c1-19(28(25,26)13-8-6-12(7-9-13)20(23)24)10-2-5-15(21)17-18-16(22)14-4-3-11-27-14/h3-4,6-9,11H,2,5,10H2,1H3,(H,17,21)(H,18,22). The largest absolute Gasteiger partial charge is 0.279 e. The van der Waals surface area contributed by atoms with Gasteiger partial charge in [-0.3, -0.25) is 30.6 Å². The molecule has 0 aliphatic carbocycles. The van der Waals surface area contributed by atoms with Crippen molar-refractivity contribution in [2.45, 2.75) is 17.7 Å². The third-order valence-corrected chi connectivity index (χ3v) is 6.43. The van der Waals surface area contributed by atoms with Crippen LogP contribution in [0.25, 0.3) is 0 Å². The SMILES string of the molecule is CN(CCCC(=O)NNC(=O)c1cccs1)S(=O)(=O)c1ccc([N+](=O)[O-])cc1. The van der Waals surface area contributed by atoms with Crippen molar-refractivity contribution in [3.05, 3.63) is 56.8 Å². The number of carbonyl (C=O) groups excluding carboxylic acids is 2. The molecule has 0 fully saturated rings. The highest BCUT2D eigenvalue weighted by atomic mass is 32.2. The Bertz CT molecular complexity index is 942. The highest BCUT2D eigenvalue weighted by Crippen LogP contribution is 2.19.